The van der Waals surface area contributed by atoms with Gasteiger partial charge in [0, 0.05) is 12.0 Å². The highest BCUT2D eigenvalue weighted by Crippen LogP contribution is 2.29. The van der Waals surface area contributed by atoms with E-state index >= 15 is 0 Å². The molecular weight excluding hydrogens is 246 g/mol. The third kappa shape index (κ3) is 2.77. The van der Waals surface area contributed by atoms with Gasteiger partial charge in [-0.2, -0.15) is 0 Å². The van der Waals surface area contributed by atoms with Gasteiger partial charge in [0.15, 0.2) is 6.29 Å². The molecule has 0 aliphatic rings. The number of carbonyl (C=O) groups is 1. The van der Waals surface area contributed by atoms with Crippen LogP contribution in [-0.2, 0) is 6.42 Å². The third-order valence-electron chi connectivity index (χ3n) is 2.75. The minimum atomic E-state index is -0.596. The van der Waals surface area contributed by atoms with Gasteiger partial charge in [-0.1, -0.05) is 30.3 Å². The van der Waals surface area contributed by atoms with Crippen molar-refractivity contribution in [2.24, 2.45) is 0 Å². The average Bonchev–Trinajstić information content (AvgIpc) is 2.38. The maximum absolute atomic E-state index is 11.1. The molecule has 0 saturated carbocycles. The molecule has 0 bridgehead atoms. The highest BCUT2D eigenvalue weighted by molar-refractivity contribution is 5.83. The van der Waals surface area contributed by atoms with Gasteiger partial charge in [-0.05, 0) is 17.7 Å². The van der Waals surface area contributed by atoms with E-state index in [0.29, 0.717) is 11.8 Å². The summed E-state index contributed by atoms with van der Waals surface area (Å²) in [7, 11) is 0. The molecule has 0 heterocycles. The van der Waals surface area contributed by atoms with E-state index in [1.54, 1.807) is 0 Å². The van der Waals surface area contributed by atoms with Crippen LogP contribution >= 0.6 is 0 Å². The van der Waals surface area contributed by atoms with E-state index in [1.165, 1.54) is 6.07 Å². The molecular formula is C14H11NO4. The van der Waals surface area contributed by atoms with E-state index in [-0.39, 0.29) is 23.4 Å². The molecule has 0 atom stereocenters. The van der Waals surface area contributed by atoms with Crippen molar-refractivity contribution in [3.8, 4) is 5.75 Å². The number of nitro benzene ring substituents is 1. The first kappa shape index (κ1) is 12.8. The van der Waals surface area contributed by atoms with Crippen LogP contribution in [0, 0.1) is 10.1 Å². The van der Waals surface area contributed by atoms with Gasteiger partial charge in [0.25, 0.3) is 5.69 Å². The molecule has 0 fully saturated rings. The lowest BCUT2D eigenvalue weighted by Gasteiger charge is -2.06. The highest BCUT2D eigenvalue weighted by atomic mass is 16.6. The topological polar surface area (TPSA) is 80.4 Å². The van der Waals surface area contributed by atoms with Gasteiger partial charge in [0.05, 0.1) is 10.5 Å². The molecule has 0 saturated heterocycles. The Hall–Kier alpha value is -2.69. The zero-order chi connectivity index (χ0) is 13.8. The molecule has 2 rings (SSSR count). The first-order valence-corrected chi connectivity index (χ1v) is 5.61. The Kier molecular flexibility index (Phi) is 3.56. The van der Waals surface area contributed by atoms with Gasteiger partial charge in [-0.15, -0.1) is 0 Å². The van der Waals surface area contributed by atoms with Crippen molar-refractivity contribution in [3.63, 3.8) is 0 Å². The van der Waals surface area contributed by atoms with Crippen LogP contribution in [0.5, 0.6) is 5.75 Å². The summed E-state index contributed by atoms with van der Waals surface area (Å²) >= 11 is 0. The second-order valence-corrected chi connectivity index (χ2v) is 4.08. The predicted octanol–water partition coefficient (Wildman–Crippen LogP) is 2.70. The number of hydrogen-bond donors (Lipinski definition) is 1. The molecule has 0 amide bonds. The zero-order valence-corrected chi connectivity index (χ0v) is 9.95. The Morgan fingerprint density at radius 1 is 1.21 bits per heavy atom. The minimum absolute atomic E-state index is 0.115. The number of aldehydes is 1. The van der Waals surface area contributed by atoms with Gasteiger partial charge < -0.3 is 5.11 Å². The standard InChI is InChI=1S/C14H11NO4/c16-9-12-8-13(17)7-11(14(12)15(18)19)6-10-4-2-1-3-5-10/h1-5,7-9,17H,6H2. The van der Waals surface area contributed by atoms with Gasteiger partial charge in [-0.3, -0.25) is 14.9 Å². The normalized spacial score (nSPS) is 10.1. The van der Waals surface area contributed by atoms with Crippen LogP contribution in [0.4, 0.5) is 5.69 Å². The van der Waals surface area contributed by atoms with Crippen LogP contribution in [-0.4, -0.2) is 16.3 Å². The quantitative estimate of drug-likeness (QED) is 0.518. The fourth-order valence-electron chi connectivity index (χ4n) is 1.96. The molecule has 5 nitrogen and oxygen atoms in total. The number of phenols is 1. The summed E-state index contributed by atoms with van der Waals surface area (Å²) in [6, 6.07) is 11.6. The zero-order valence-electron chi connectivity index (χ0n) is 9.95. The van der Waals surface area contributed by atoms with E-state index in [1.807, 2.05) is 30.3 Å². The van der Waals surface area contributed by atoms with Crippen LogP contribution in [0.2, 0.25) is 0 Å². The molecule has 0 aliphatic heterocycles. The molecule has 2 aromatic rings. The van der Waals surface area contributed by atoms with E-state index in [9.17, 15) is 20.0 Å². The van der Waals surface area contributed by atoms with Crippen molar-refractivity contribution >= 4 is 12.0 Å². The molecule has 96 valence electrons. The molecule has 0 radical (unpaired) electrons. The molecule has 19 heavy (non-hydrogen) atoms. The largest absolute Gasteiger partial charge is 0.508 e. The summed E-state index contributed by atoms with van der Waals surface area (Å²) in [5, 5.41) is 20.6. The third-order valence-corrected chi connectivity index (χ3v) is 2.75. The SMILES string of the molecule is O=Cc1cc(O)cc(Cc2ccccc2)c1[N+](=O)[O-]. The van der Waals surface area contributed by atoms with Crippen LogP contribution in [0.25, 0.3) is 0 Å². The van der Waals surface area contributed by atoms with Crippen LogP contribution < -0.4 is 0 Å². The number of benzene rings is 2. The highest BCUT2D eigenvalue weighted by Gasteiger charge is 2.21. The lowest BCUT2D eigenvalue weighted by molar-refractivity contribution is -0.385. The summed E-state index contributed by atoms with van der Waals surface area (Å²) in [6.07, 6.45) is 0.665. The van der Waals surface area contributed by atoms with Crippen molar-refractivity contribution < 1.29 is 14.8 Å². The van der Waals surface area contributed by atoms with Crippen LogP contribution in [0.1, 0.15) is 21.5 Å². The van der Waals surface area contributed by atoms with E-state index in [4.69, 9.17) is 0 Å². The van der Waals surface area contributed by atoms with Crippen molar-refractivity contribution in [3.05, 3.63) is 69.3 Å². The summed E-state index contributed by atoms with van der Waals surface area (Å²) in [5.41, 5.74) is 0.818. The first-order chi connectivity index (χ1) is 9.11. The van der Waals surface area contributed by atoms with Crippen molar-refractivity contribution in [2.45, 2.75) is 6.42 Å². The Labute approximate surface area is 109 Å². The Bertz CT molecular complexity index is 623. The average molecular weight is 257 g/mol. The fraction of sp³-hybridized carbons (Fsp3) is 0.0714. The maximum atomic E-state index is 11.1. The van der Waals surface area contributed by atoms with Gasteiger partial charge in [-0.25, -0.2) is 0 Å². The maximum Gasteiger partial charge on any atom is 0.283 e. The lowest BCUT2D eigenvalue weighted by atomic mass is 10.00. The number of rotatable bonds is 4. The number of phenolic OH excluding ortho intramolecular Hbond substituents is 1. The molecule has 1 N–H and O–H groups in total. The molecule has 0 spiro atoms. The summed E-state index contributed by atoms with van der Waals surface area (Å²) in [4.78, 5) is 21.3. The monoisotopic (exact) mass is 257 g/mol. The first-order valence-electron chi connectivity index (χ1n) is 5.61. The number of hydrogen-bond acceptors (Lipinski definition) is 4. The van der Waals surface area contributed by atoms with Crippen LogP contribution in [0.3, 0.4) is 0 Å². The Morgan fingerprint density at radius 2 is 1.89 bits per heavy atom. The smallest absolute Gasteiger partial charge is 0.283 e. The second-order valence-electron chi connectivity index (χ2n) is 4.08. The van der Waals surface area contributed by atoms with E-state index in [2.05, 4.69) is 0 Å². The van der Waals surface area contributed by atoms with E-state index < -0.39 is 4.92 Å². The molecule has 0 aliphatic carbocycles. The Balaban J connectivity index is 2.52. The van der Waals surface area contributed by atoms with Crippen molar-refractivity contribution in [1.29, 1.82) is 0 Å². The number of nitro groups is 1. The van der Waals surface area contributed by atoms with Crippen molar-refractivity contribution in [1.82, 2.24) is 0 Å². The van der Waals surface area contributed by atoms with E-state index in [0.717, 1.165) is 11.6 Å². The Morgan fingerprint density at radius 3 is 2.47 bits per heavy atom. The molecule has 0 aromatic heterocycles. The van der Waals surface area contributed by atoms with Gasteiger partial charge in [0.1, 0.15) is 5.75 Å². The summed E-state index contributed by atoms with van der Waals surface area (Å²) in [6.45, 7) is 0. The summed E-state index contributed by atoms with van der Waals surface area (Å²) < 4.78 is 0. The van der Waals surface area contributed by atoms with Gasteiger partial charge in [0.2, 0.25) is 0 Å². The van der Waals surface area contributed by atoms with Gasteiger partial charge >= 0.3 is 0 Å². The lowest BCUT2D eigenvalue weighted by Crippen LogP contribution is -2.01. The molecule has 2 aromatic carbocycles. The van der Waals surface area contributed by atoms with Crippen LogP contribution in [0.15, 0.2) is 42.5 Å². The second kappa shape index (κ2) is 5.30. The molecule has 5 heteroatoms. The predicted molar refractivity (Wildman–Crippen MR) is 69.4 cm³/mol. The number of nitrogens with zero attached hydrogens (tertiary/aromatic N) is 1. The fourth-order valence-corrected chi connectivity index (χ4v) is 1.96. The number of carbonyl (C=O) groups excluding carboxylic acids is 1. The molecule has 0 unspecified atom stereocenters. The van der Waals surface area contributed by atoms with Crippen molar-refractivity contribution in [2.75, 3.05) is 0 Å². The minimum Gasteiger partial charge on any atom is -0.508 e. The summed E-state index contributed by atoms with van der Waals surface area (Å²) in [5.74, 6) is -0.154. The number of aromatic hydroxyl groups is 1.